The van der Waals surface area contributed by atoms with E-state index in [1.165, 1.54) is 11.8 Å². The van der Waals surface area contributed by atoms with Crippen molar-refractivity contribution < 1.29 is 9.59 Å². The number of hydrogen-bond acceptors (Lipinski definition) is 4. The van der Waals surface area contributed by atoms with Crippen LogP contribution in [0.2, 0.25) is 5.02 Å². The SMILES string of the molecule is O=C(NCCc1ccccc1)C1CC(=O)N(CCc2ccc(Cl)cc2)C(=Nc2ccccc2)S1. The van der Waals surface area contributed by atoms with E-state index in [0.29, 0.717) is 29.7 Å². The van der Waals surface area contributed by atoms with Crippen LogP contribution in [0.15, 0.2) is 89.9 Å². The summed E-state index contributed by atoms with van der Waals surface area (Å²) in [5.74, 6) is -0.224. The molecule has 1 aliphatic heterocycles. The lowest BCUT2D eigenvalue weighted by Gasteiger charge is -2.32. The van der Waals surface area contributed by atoms with E-state index >= 15 is 0 Å². The maximum atomic E-state index is 13.1. The fraction of sp³-hybridized carbons (Fsp3) is 0.222. The molecule has 1 fully saturated rings. The predicted molar refractivity (Wildman–Crippen MR) is 140 cm³/mol. The number of carbonyl (C=O) groups is 2. The maximum absolute atomic E-state index is 13.1. The third kappa shape index (κ3) is 6.72. The summed E-state index contributed by atoms with van der Waals surface area (Å²) in [7, 11) is 0. The highest BCUT2D eigenvalue weighted by Gasteiger charge is 2.35. The summed E-state index contributed by atoms with van der Waals surface area (Å²) in [6, 6.07) is 27.1. The van der Waals surface area contributed by atoms with Crippen LogP contribution in [-0.2, 0) is 22.4 Å². The highest BCUT2D eigenvalue weighted by Crippen LogP contribution is 2.29. The minimum atomic E-state index is -0.502. The molecule has 0 spiro atoms. The molecule has 34 heavy (non-hydrogen) atoms. The van der Waals surface area contributed by atoms with Crippen LogP contribution >= 0.6 is 23.4 Å². The molecule has 3 aromatic carbocycles. The highest BCUT2D eigenvalue weighted by atomic mass is 35.5. The van der Waals surface area contributed by atoms with Crippen LogP contribution in [0, 0.1) is 0 Å². The van der Waals surface area contributed by atoms with E-state index < -0.39 is 5.25 Å². The Morgan fingerprint density at radius 3 is 2.29 bits per heavy atom. The van der Waals surface area contributed by atoms with Crippen LogP contribution in [0.4, 0.5) is 5.69 Å². The van der Waals surface area contributed by atoms with Crippen molar-refractivity contribution in [1.82, 2.24) is 10.2 Å². The van der Waals surface area contributed by atoms with Crippen molar-refractivity contribution in [2.45, 2.75) is 24.5 Å². The number of nitrogens with zero attached hydrogens (tertiary/aromatic N) is 2. The normalized spacial score (nSPS) is 17.1. The van der Waals surface area contributed by atoms with Crippen molar-refractivity contribution >= 4 is 46.0 Å². The Morgan fingerprint density at radius 1 is 0.941 bits per heavy atom. The zero-order chi connectivity index (χ0) is 23.8. The first-order valence-electron chi connectivity index (χ1n) is 11.3. The van der Waals surface area contributed by atoms with Gasteiger partial charge in [-0.2, -0.15) is 0 Å². The van der Waals surface area contributed by atoms with Gasteiger partial charge in [-0.3, -0.25) is 14.5 Å². The van der Waals surface area contributed by atoms with E-state index in [4.69, 9.17) is 16.6 Å². The quantitative estimate of drug-likeness (QED) is 0.467. The number of amides is 2. The molecule has 7 heteroatoms. The number of carbonyl (C=O) groups excluding carboxylic acids is 2. The number of halogens is 1. The Hall–Kier alpha value is -3.09. The lowest BCUT2D eigenvalue weighted by Crippen LogP contribution is -2.47. The number of hydrogen-bond donors (Lipinski definition) is 1. The topological polar surface area (TPSA) is 61.8 Å². The molecule has 1 atom stereocenters. The second-order valence-electron chi connectivity index (χ2n) is 7.99. The number of benzene rings is 3. The van der Waals surface area contributed by atoms with Gasteiger partial charge in [-0.25, -0.2) is 4.99 Å². The number of thioether (sulfide) groups is 1. The van der Waals surface area contributed by atoms with Crippen molar-refractivity contribution in [2.75, 3.05) is 13.1 Å². The molecule has 0 aliphatic carbocycles. The highest BCUT2D eigenvalue weighted by molar-refractivity contribution is 8.15. The zero-order valence-corrected chi connectivity index (χ0v) is 20.3. The van der Waals surface area contributed by atoms with E-state index in [0.717, 1.165) is 23.2 Å². The van der Waals surface area contributed by atoms with Crippen LogP contribution in [0.25, 0.3) is 0 Å². The Labute approximate surface area is 209 Å². The molecule has 1 aliphatic rings. The van der Waals surface area contributed by atoms with Crippen LogP contribution < -0.4 is 5.32 Å². The van der Waals surface area contributed by atoms with E-state index in [1.807, 2.05) is 84.9 Å². The molecule has 0 saturated carbocycles. The first kappa shape index (κ1) is 24.0. The van der Waals surface area contributed by atoms with Crippen molar-refractivity contribution in [3.8, 4) is 0 Å². The second kappa shape index (κ2) is 11.9. The predicted octanol–water partition coefficient (Wildman–Crippen LogP) is 5.26. The number of amidine groups is 1. The monoisotopic (exact) mass is 491 g/mol. The van der Waals surface area contributed by atoms with Crippen LogP contribution in [0.1, 0.15) is 17.5 Å². The van der Waals surface area contributed by atoms with Gasteiger partial charge in [0.15, 0.2) is 5.17 Å². The molecule has 1 unspecified atom stereocenters. The second-order valence-corrected chi connectivity index (χ2v) is 9.60. The third-order valence-electron chi connectivity index (χ3n) is 5.51. The Morgan fingerprint density at radius 2 is 1.59 bits per heavy atom. The molecular formula is C27H26ClN3O2S. The van der Waals surface area contributed by atoms with Gasteiger partial charge in [-0.1, -0.05) is 84.0 Å². The van der Waals surface area contributed by atoms with Gasteiger partial charge in [-0.05, 0) is 48.2 Å². The average molecular weight is 492 g/mol. The first-order chi connectivity index (χ1) is 16.6. The third-order valence-corrected chi connectivity index (χ3v) is 6.95. The molecular weight excluding hydrogens is 466 g/mol. The molecule has 1 N–H and O–H groups in total. The Bertz CT molecular complexity index is 1140. The molecule has 0 aromatic heterocycles. The van der Waals surface area contributed by atoms with Crippen molar-refractivity contribution in [2.24, 2.45) is 4.99 Å². The largest absolute Gasteiger partial charge is 0.355 e. The zero-order valence-electron chi connectivity index (χ0n) is 18.7. The van der Waals surface area contributed by atoms with Crippen LogP contribution in [-0.4, -0.2) is 40.2 Å². The molecule has 0 radical (unpaired) electrons. The van der Waals surface area contributed by atoms with Gasteiger partial charge >= 0.3 is 0 Å². The molecule has 4 rings (SSSR count). The lowest BCUT2D eigenvalue weighted by molar-refractivity contribution is -0.130. The van der Waals surface area contributed by atoms with Gasteiger partial charge in [0.1, 0.15) is 0 Å². The first-order valence-corrected chi connectivity index (χ1v) is 12.5. The van der Waals surface area contributed by atoms with E-state index in [-0.39, 0.29) is 18.2 Å². The van der Waals surface area contributed by atoms with Gasteiger partial charge in [0, 0.05) is 24.5 Å². The molecule has 1 saturated heterocycles. The van der Waals surface area contributed by atoms with Gasteiger partial charge in [-0.15, -0.1) is 0 Å². The summed E-state index contributed by atoms with van der Waals surface area (Å²) in [5.41, 5.74) is 3.00. The number of rotatable bonds is 8. The Kier molecular flexibility index (Phi) is 8.39. The number of nitrogens with one attached hydrogen (secondary N) is 1. The maximum Gasteiger partial charge on any atom is 0.234 e. The van der Waals surface area contributed by atoms with E-state index in [1.54, 1.807) is 4.90 Å². The van der Waals surface area contributed by atoms with E-state index in [9.17, 15) is 9.59 Å². The Balaban J connectivity index is 1.44. The lowest BCUT2D eigenvalue weighted by atomic mass is 10.1. The summed E-state index contributed by atoms with van der Waals surface area (Å²) < 4.78 is 0. The summed E-state index contributed by atoms with van der Waals surface area (Å²) in [6.45, 7) is 1.01. The molecule has 0 bridgehead atoms. The number of aliphatic imine (C=N–C) groups is 1. The minimum Gasteiger partial charge on any atom is -0.355 e. The van der Waals surface area contributed by atoms with Crippen molar-refractivity contribution in [3.05, 3.63) is 101 Å². The van der Waals surface area contributed by atoms with Gasteiger partial charge in [0.05, 0.1) is 10.9 Å². The summed E-state index contributed by atoms with van der Waals surface area (Å²) >= 11 is 7.34. The fourth-order valence-electron chi connectivity index (χ4n) is 3.65. The van der Waals surface area contributed by atoms with Crippen LogP contribution in [0.5, 0.6) is 0 Å². The molecule has 5 nitrogen and oxygen atoms in total. The smallest absolute Gasteiger partial charge is 0.234 e. The summed E-state index contributed by atoms with van der Waals surface area (Å²) in [4.78, 5) is 32.4. The van der Waals surface area contributed by atoms with Crippen LogP contribution in [0.3, 0.4) is 0 Å². The number of para-hydroxylation sites is 1. The van der Waals surface area contributed by atoms with Crippen molar-refractivity contribution in [3.63, 3.8) is 0 Å². The molecule has 174 valence electrons. The van der Waals surface area contributed by atoms with Gasteiger partial charge in [0.2, 0.25) is 11.8 Å². The summed E-state index contributed by atoms with van der Waals surface area (Å²) in [5, 5.41) is 3.72. The van der Waals surface area contributed by atoms with Crippen molar-refractivity contribution in [1.29, 1.82) is 0 Å². The molecule has 1 heterocycles. The molecule has 3 aromatic rings. The van der Waals surface area contributed by atoms with Gasteiger partial charge in [0.25, 0.3) is 0 Å². The standard InChI is InChI=1S/C27H26ClN3O2S/c28-22-13-11-21(12-14-22)16-18-31-25(32)19-24(34-27(31)30-23-9-5-2-6-10-23)26(33)29-17-15-20-7-3-1-4-8-20/h1-14,24H,15-19H2,(H,29,33). The van der Waals surface area contributed by atoms with Gasteiger partial charge < -0.3 is 5.32 Å². The van der Waals surface area contributed by atoms with E-state index in [2.05, 4.69) is 5.32 Å². The minimum absolute atomic E-state index is 0.0920. The molecule has 2 amide bonds. The average Bonchev–Trinajstić information content (AvgIpc) is 2.85. The summed E-state index contributed by atoms with van der Waals surface area (Å²) in [6.07, 6.45) is 1.57. The fourth-order valence-corrected chi connectivity index (χ4v) is 4.93.